The monoisotopic (exact) mass is 258 g/mol. The molecule has 1 N–H and O–H groups in total. The molecule has 0 aromatic carbocycles. The number of rotatable bonds is 5. The van der Waals surface area contributed by atoms with E-state index in [1.807, 2.05) is 19.4 Å². The largest absolute Gasteiger partial charge is 0.309 e. The van der Waals surface area contributed by atoms with Crippen molar-refractivity contribution in [3.63, 3.8) is 0 Å². The van der Waals surface area contributed by atoms with Gasteiger partial charge in [0, 0.05) is 11.7 Å². The summed E-state index contributed by atoms with van der Waals surface area (Å²) in [4.78, 5) is 8.86. The summed E-state index contributed by atoms with van der Waals surface area (Å²) in [7, 11) is 0. The van der Waals surface area contributed by atoms with Crippen LogP contribution in [0.4, 0.5) is 0 Å². The molecule has 2 aromatic rings. The van der Waals surface area contributed by atoms with Gasteiger partial charge in [0.05, 0.1) is 29.6 Å². The van der Waals surface area contributed by atoms with Crippen molar-refractivity contribution in [3.05, 3.63) is 41.7 Å². The highest BCUT2D eigenvalue weighted by Gasteiger charge is 2.08. The number of pyridine rings is 1. The SMILES string of the molecule is CCCNC(C)c1ccc(-n2cnc(C)c2C)cn1. The van der Waals surface area contributed by atoms with Crippen molar-refractivity contribution >= 4 is 0 Å². The van der Waals surface area contributed by atoms with Crippen molar-refractivity contribution in [3.8, 4) is 5.69 Å². The van der Waals surface area contributed by atoms with E-state index in [9.17, 15) is 0 Å². The van der Waals surface area contributed by atoms with Crippen molar-refractivity contribution in [2.45, 2.75) is 40.2 Å². The van der Waals surface area contributed by atoms with Crippen LogP contribution in [0.1, 0.15) is 43.4 Å². The van der Waals surface area contributed by atoms with Gasteiger partial charge in [-0.2, -0.15) is 0 Å². The van der Waals surface area contributed by atoms with E-state index in [4.69, 9.17) is 0 Å². The molecular formula is C15H22N4. The molecule has 0 radical (unpaired) electrons. The summed E-state index contributed by atoms with van der Waals surface area (Å²) < 4.78 is 2.07. The second-order valence-corrected chi connectivity index (χ2v) is 4.90. The van der Waals surface area contributed by atoms with Crippen molar-refractivity contribution in [2.75, 3.05) is 6.54 Å². The van der Waals surface area contributed by atoms with Gasteiger partial charge in [0.25, 0.3) is 0 Å². The molecule has 0 fully saturated rings. The van der Waals surface area contributed by atoms with E-state index in [1.54, 1.807) is 0 Å². The molecule has 0 aliphatic carbocycles. The smallest absolute Gasteiger partial charge is 0.0997 e. The van der Waals surface area contributed by atoms with Gasteiger partial charge in [-0.15, -0.1) is 0 Å². The van der Waals surface area contributed by atoms with E-state index >= 15 is 0 Å². The van der Waals surface area contributed by atoms with Crippen molar-refractivity contribution < 1.29 is 0 Å². The Hall–Kier alpha value is -1.68. The summed E-state index contributed by atoms with van der Waals surface area (Å²) in [6.07, 6.45) is 4.89. The van der Waals surface area contributed by atoms with Gasteiger partial charge in [-0.1, -0.05) is 6.92 Å². The molecule has 0 saturated heterocycles. The van der Waals surface area contributed by atoms with Crippen LogP contribution in [0.2, 0.25) is 0 Å². The lowest BCUT2D eigenvalue weighted by Crippen LogP contribution is -2.20. The number of imidazole rings is 1. The summed E-state index contributed by atoms with van der Waals surface area (Å²) in [5, 5.41) is 3.44. The van der Waals surface area contributed by atoms with Crippen LogP contribution in [0.25, 0.3) is 5.69 Å². The van der Waals surface area contributed by atoms with Gasteiger partial charge in [0.2, 0.25) is 0 Å². The molecule has 4 heteroatoms. The standard InChI is InChI=1S/C15H22N4/c1-5-8-16-12(3)15-7-6-14(9-17-15)19-10-18-11(2)13(19)4/h6-7,9-10,12,16H,5,8H2,1-4H3. The third kappa shape index (κ3) is 3.01. The summed E-state index contributed by atoms with van der Waals surface area (Å²) in [5.41, 5.74) is 4.35. The first-order valence-electron chi connectivity index (χ1n) is 6.83. The molecule has 0 amide bonds. The Labute approximate surface area is 114 Å². The maximum absolute atomic E-state index is 4.55. The third-order valence-electron chi connectivity index (χ3n) is 3.44. The average Bonchev–Trinajstić information content (AvgIpc) is 2.76. The second kappa shape index (κ2) is 5.97. The van der Waals surface area contributed by atoms with Crippen LogP contribution in [0, 0.1) is 13.8 Å². The van der Waals surface area contributed by atoms with Gasteiger partial charge in [0.1, 0.15) is 0 Å². The Morgan fingerprint density at radius 1 is 1.26 bits per heavy atom. The van der Waals surface area contributed by atoms with Gasteiger partial charge >= 0.3 is 0 Å². The molecule has 4 nitrogen and oxygen atoms in total. The normalized spacial score (nSPS) is 12.6. The summed E-state index contributed by atoms with van der Waals surface area (Å²) in [6.45, 7) is 9.42. The highest BCUT2D eigenvalue weighted by atomic mass is 15.1. The predicted octanol–water partition coefficient (Wildman–Crippen LogP) is 2.94. The van der Waals surface area contributed by atoms with E-state index in [-0.39, 0.29) is 0 Å². The Kier molecular flexibility index (Phi) is 4.32. The molecule has 0 aliphatic rings. The zero-order valence-corrected chi connectivity index (χ0v) is 12.1. The fourth-order valence-corrected chi connectivity index (χ4v) is 2.02. The number of nitrogens with one attached hydrogen (secondary N) is 1. The number of aryl methyl sites for hydroxylation is 1. The molecular weight excluding hydrogens is 236 g/mol. The summed E-state index contributed by atoms with van der Waals surface area (Å²) in [5.74, 6) is 0. The first-order valence-corrected chi connectivity index (χ1v) is 6.83. The zero-order chi connectivity index (χ0) is 13.8. The maximum Gasteiger partial charge on any atom is 0.0997 e. The van der Waals surface area contributed by atoms with Gasteiger partial charge in [0.15, 0.2) is 0 Å². The van der Waals surface area contributed by atoms with Crippen LogP contribution in [0.3, 0.4) is 0 Å². The topological polar surface area (TPSA) is 42.7 Å². The number of aromatic nitrogens is 3. The molecule has 2 aromatic heterocycles. The minimum atomic E-state index is 0.291. The Morgan fingerprint density at radius 2 is 2.05 bits per heavy atom. The molecule has 2 heterocycles. The molecule has 0 aliphatic heterocycles. The lowest BCUT2D eigenvalue weighted by atomic mass is 10.2. The van der Waals surface area contributed by atoms with Crippen molar-refractivity contribution in [1.29, 1.82) is 0 Å². The van der Waals surface area contributed by atoms with Gasteiger partial charge < -0.3 is 9.88 Å². The lowest BCUT2D eigenvalue weighted by molar-refractivity contribution is 0.558. The molecule has 1 atom stereocenters. The van der Waals surface area contributed by atoms with E-state index in [1.165, 1.54) is 0 Å². The molecule has 0 bridgehead atoms. The second-order valence-electron chi connectivity index (χ2n) is 4.90. The predicted molar refractivity (Wildman–Crippen MR) is 77.5 cm³/mol. The Bertz CT molecular complexity index is 528. The highest BCUT2D eigenvalue weighted by molar-refractivity contribution is 5.33. The van der Waals surface area contributed by atoms with Gasteiger partial charge in [-0.05, 0) is 45.9 Å². The number of nitrogens with zero attached hydrogens (tertiary/aromatic N) is 3. The van der Waals surface area contributed by atoms with E-state index < -0.39 is 0 Å². The minimum Gasteiger partial charge on any atom is -0.309 e. The first-order chi connectivity index (χ1) is 9.13. The van der Waals surface area contributed by atoms with Crippen LogP contribution in [-0.2, 0) is 0 Å². The molecule has 1 unspecified atom stereocenters. The van der Waals surface area contributed by atoms with Crippen LogP contribution < -0.4 is 5.32 Å². The van der Waals surface area contributed by atoms with Gasteiger partial charge in [-0.3, -0.25) is 4.98 Å². The third-order valence-corrected chi connectivity index (χ3v) is 3.44. The lowest BCUT2D eigenvalue weighted by Gasteiger charge is -2.13. The van der Waals surface area contributed by atoms with Crippen LogP contribution in [-0.4, -0.2) is 21.1 Å². The zero-order valence-electron chi connectivity index (χ0n) is 12.1. The van der Waals surface area contributed by atoms with Crippen molar-refractivity contribution in [2.24, 2.45) is 0 Å². The van der Waals surface area contributed by atoms with Crippen LogP contribution in [0.15, 0.2) is 24.7 Å². The number of hydrogen-bond donors (Lipinski definition) is 1. The van der Waals surface area contributed by atoms with E-state index in [0.717, 1.165) is 35.7 Å². The average molecular weight is 258 g/mol. The minimum absolute atomic E-state index is 0.291. The molecule has 19 heavy (non-hydrogen) atoms. The number of hydrogen-bond acceptors (Lipinski definition) is 3. The van der Waals surface area contributed by atoms with E-state index in [0.29, 0.717) is 6.04 Å². The van der Waals surface area contributed by atoms with Crippen molar-refractivity contribution in [1.82, 2.24) is 19.9 Å². The van der Waals surface area contributed by atoms with Crippen LogP contribution >= 0.6 is 0 Å². The molecule has 0 spiro atoms. The van der Waals surface area contributed by atoms with Crippen LogP contribution in [0.5, 0.6) is 0 Å². The molecule has 102 valence electrons. The van der Waals surface area contributed by atoms with Gasteiger partial charge in [-0.25, -0.2) is 4.98 Å². The fraction of sp³-hybridized carbons (Fsp3) is 0.467. The summed E-state index contributed by atoms with van der Waals surface area (Å²) in [6, 6.07) is 4.47. The fourth-order valence-electron chi connectivity index (χ4n) is 2.02. The Morgan fingerprint density at radius 3 is 2.58 bits per heavy atom. The molecule has 2 rings (SSSR count). The highest BCUT2D eigenvalue weighted by Crippen LogP contribution is 2.15. The summed E-state index contributed by atoms with van der Waals surface area (Å²) >= 11 is 0. The molecule has 0 saturated carbocycles. The maximum atomic E-state index is 4.55. The Balaban J connectivity index is 2.16. The van der Waals surface area contributed by atoms with E-state index in [2.05, 4.69) is 52.8 Å². The first kappa shape index (κ1) is 13.7. The quantitative estimate of drug-likeness (QED) is 0.896.